The smallest absolute Gasteiger partial charge is 0.148 e. The molecule has 0 aromatic heterocycles. The van der Waals surface area contributed by atoms with E-state index in [2.05, 4.69) is 4.99 Å². The zero-order valence-corrected chi connectivity index (χ0v) is 10.9. The number of hydrogen-bond acceptors (Lipinski definition) is 3. The number of ether oxygens (including phenoxy) is 1. The maximum Gasteiger partial charge on any atom is 0.148 e. The molecular formula is C14H11ClFNO2. The van der Waals surface area contributed by atoms with Gasteiger partial charge in [-0.1, -0.05) is 17.7 Å². The number of methoxy groups -OCH3 is 1. The molecule has 0 bridgehead atoms. The van der Waals surface area contributed by atoms with Crippen LogP contribution in [0, 0.1) is 5.82 Å². The van der Waals surface area contributed by atoms with Gasteiger partial charge >= 0.3 is 0 Å². The van der Waals surface area contributed by atoms with E-state index in [1.54, 1.807) is 12.1 Å². The summed E-state index contributed by atoms with van der Waals surface area (Å²) in [6.45, 7) is 0. The number of aromatic hydroxyl groups is 1. The highest BCUT2D eigenvalue weighted by atomic mass is 35.5. The summed E-state index contributed by atoms with van der Waals surface area (Å²) in [5, 5.41) is 10.1. The van der Waals surface area contributed by atoms with Crippen molar-refractivity contribution in [3.63, 3.8) is 0 Å². The molecule has 0 radical (unpaired) electrons. The van der Waals surface area contributed by atoms with Crippen molar-refractivity contribution in [1.82, 2.24) is 0 Å². The Kier molecular flexibility index (Phi) is 4.02. The van der Waals surface area contributed by atoms with Crippen LogP contribution in [0.2, 0.25) is 5.02 Å². The number of phenols is 1. The molecule has 0 spiro atoms. The van der Waals surface area contributed by atoms with Gasteiger partial charge in [0.2, 0.25) is 0 Å². The minimum atomic E-state index is -0.491. The minimum Gasteiger partial charge on any atom is -0.507 e. The fraction of sp³-hybridized carbons (Fsp3) is 0.0714. The van der Waals surface area contributed by atoms with Crippen LogP contribution in [0.15, 0.2) is 41.4 Å². The molecule has 19 heavy (non-hydrogen) atoms. The maximum atomic E-state index is 13.5. The van der Waals surface area contributed by atoms with Crippen LogP contribution >= 0.6 is 11.6 Å². The van der Waals surface area contributed by atoms with Crippen molar-refractivity contribution in [2.75, 3.05) is 7.11 Å². The number of aliphatic imine (C=N–C) groups is 1. The highest BCUT2D eigenvalue weighted by Gasteiger charge is 2.06. The summed E-state index contributed by atoms with van der Waals surface area (Å²) in [5.74, 6) is -0.0354. The van der Waals surface area contributed by atoms with Crippen LogP contribution in [0.5, 0.6) is 11.5 Å². The number of rotatable bonds is 3. The Morgan fingerprint density at radius 2 is 2.11 bits per heavy atom. The van der Waals surface area contributed by atoms with Gasteiger partial charge in [-0.3, -0.25) is 4.99 Å². The van der Waals surface area contributed by atoms with Crippen LogP contribution in [-0.4, -0.2) is 18.4 Å². The second kappa shape index (κ2) is 5.71. The average Bonchev–Trinajstić information content (AvgIpc) is 2.40. The van der Waals surface area contributed by atoms with Crippen molar-refractivity contribution >= 4 is 23.5 Å². The third-order valence-electron chi connectivity index (χ3n) is 2.50. The highest BCUT2D eigenvalue weighted by molar-refractivity contribution is 6.30. The molecule has 0 amide bonds. The topological polar surface area (TPSA) is 41.8 Å². The lowest BCUT2D eigenvalue weighted by atomic mass is 10.2. The highest BCUT2D eigenvalue weighted by Crippen LogP contribution is 2.27. The molecule has 0 unspecified atom stereocenters. The lowest BCUT2D eigenvalue weighted by Crippen LogP contribution is -1.91. The zero-order valence-electron chi connectivity index (χ0n) is 10.1. The van der Waals surface area contributed by atoms with Gasteiger partial charge < -0.3 is 9.84 Å². The molecule has 3 nitrogen and oxygen atoms in total. The average molecular weight is 280 g/mol. The molecule has 2 aromatic carbocycles. The molecule has 0 aliphatic heterocycles. The molecule has 2 aromatic rings. The Labute approximate surface area is 114 Å². The molecule has 0 atom stereocenters. The Morgan fingerprint density at radius 1 is 1.32 bits per heavy atom. The van der Waals surface area contributed by atoms with E-state index < -0.39 is 5.82 Å². The molecule has 0 fully saturated rings. The Hall–Kier alpha value is -2.07. The van der Waals surface area contributed by atoms with Crippen molar-refractivity contribution in [1.29, 1.82) is 0 Å². The molecule has 5 heteroatoms. The third-order valence-corrected chi connectivity index (χ3v) is 2.74. The monoisotopic (exact) mass is 279 g/mol. The number of hydrogen-bond donors (Lipinski definition) is 1. The van der Waals surface area contributed by atoms with Gasteiger partial charge in [0.25, 0.3) is 0 Å². The van der Waals surface area contributed by atoms with Crippen molar-refractivity contribution in [3.05, 3.63) is 52.8 Å². The maximum absolute atomic E-state index is 13.5. The Balaban J connectivity index is 2.40. The number of benzene rings is 2. The lowest BCUT2D eigenvalue weighted by molar-refractivity contribution is 0.406. The van der Waals surface area contributed by atoms with Crippen molar-refractivity contribution < 1.29 is 14.2 Å². The summed E-state index contributed by atoms with van der Waals surface area (Å²) in [5.41, 5.74) is 0.474. The summed E-state index contributed by atoms with van der Waals surface area (Å²) in [4.78, 5) is 3.98. The van der Waals surface area contributed by atoms with Gasteiger partial charge in [-0.15, -0.1) is 0 Å². The van der Waals surface area contributed by atoms with Gasteiger partial charge in [0.1, 0.15) is 23.0 Å². The standard InChI is InChI=1S/C14H11ClFNO2/c1-19-14-4-2-3-13(18)10(14)8-17-12-7-9(15)5-6-11(12)16/h2-8,18H,1H3. The molecule has 0 aliphatic rings. The van der Waals surface area contributed by atoms with E-state index in [0.717, 1.165) is 0 Å². The number of phenolic OH excluding ortho intramolecular Hbond substituents is 1. The number of nitrogens with zero attached hydrogens (tertiary/aromatic N) is 1. The first-order valence-corrected chi connectivity index (χ1v) is 5.84. The summed E-state index contributed by atoms with van der Waals surface area (Å²) in [7, 11) is 1.48. The fourth-order valence-electron chi connectivity index (χ4n) is 1.56. The fourth-order valence-corrected chi connectivity index (χ4v) is 1.73. The van der Waals surface area contributed by atoms with Crippen LogP contribution in [0.4, 0.5) is 10.1 Å². The zero-order chi connectivity index (χ0) is 13.8. The second-order valence-corrected chi connectivity index (χ2v) is 4.18. The second-order valence-electron chi connectivity index (χ2n) is 3.75. The quantitative estimate of drug-likeness (QED) is 0.865. The van der Waals surface area contributed by atoms with Gasteiger partial charge in [-0.05, 0) is 30.3 Å². The summed E-state index contributed by atoms with van der Waals surface area (Å²) >= 11 is 5.77. The Morgan fingerprint density at radius 3 is 2.84 bits per heavy atom. The molecule has 0 saturated carbocycles. The van der Waals surface area contributed by atoms with E-state index in [1.807, 2.05) is 0 Å². The van der Waals surface area contributed by atoms with Gasteiger partial charge in [-0.25, -0.2) is 4.39 Å². The first-order chi connectivity index (χ1) is 9.11. The molecule has 0 aliphatic carbocycles. The predicted octanol–water partition coefficient (Wildman–Crippen LogP) is 3.94. The summed E-state index contributed by atoms with van der Waals surface area (Å²) in [6, 6.07) is 8.90. The third kappa shape index (κ3) is 3.03. The van der Waals surface area contributed by atoms with Gasteiger partial charge in [-0.2, -0.15) is 0 Å². The van der Waals surface area contributed by atoms with Crippen LogP contribution in [-0.2, 0) is 0 Å². The number of halogens is 2. The van der Waals surface area contributed by atoms with E-state index in [9.17, 15) is 9.50 Å². The van der Waals surface area contributed by atoms with Crippen LogP contribution < -0.4 is 4.74 Å². The normalized spacial score (nSPS) is 10.9. The van der Waals surface area contributed by atoms with Gasteiger partial charge in [0, 0.05) is 11.2 Å². The van der Waals surface area contributed by atoms with E-state index in [4.69, 9.17) is 16.3 Å². The minimum absolute atomic E-state index is 0.00513. The first kappa shape index (κ1) is 13.4. The largest absolute Gasteiger partial charge is 0.507 e. The van der Waals surface area contributed by atoms with E-state index in [-0.39, 0.29) is 11.4 Å². The van der Waals surface area contributed by atoms with Gasteiger partial charge in [0.05, 0.1) is 12.7 Å². The summed E-state index contributed by atoms with van der Waals surface area (Å²) in [6.07, 6.45) is 1.34. The summed E-state index contributed by atoms with van der Waals surface area (Å²) < 4.78 is 18.6. The van der Waals surface area contributed by atoms with Gasteiger partial charge in [0.15, 0.2) is 0 Å². The molecule has 2 rings (SSSR count). The van der Waals surface area contributed by atoms with Crippen LogP contribution in [0.25, 0.3) is 0 Å². The van der Waals surface area contributed by atoms with E-state index >= 15 is 0 Å². The first-order valence-electron chi connectivity index (χ1n) is 5.47. The SMILES string of the molecule is COc1cccc(O)c1C=Nc1cc(Cl)ccc1F. The Bertz CT molecular complexity index is 629. The van der Waals surface area contributed by atoms with Crippen molar-refractivity contribution in [3.8, 4) is 11.5 Å². The van der Waals surface area contributed by atoms with Crippen molar-refractivity contribution in [2.24, 2.45) is 4.99 Å². The molecular weight excluding hydrogens is 269 g/mol. The van der Waals surface area contributed by atoms with E-state index in [0.29, 0.717) is 16.3 Å². The van der Waals surface area contributed by atoms with E-state index in [1.165, 1.54) is 37.6 Å². The van der Waals surface area contributed by atoms with Crippen LogP contribution in [0.3, 0.4) is 0 Å². The van der Waals surface area contributed by atoms with Crippen molar-refractivity contribution in [2.45, 2.75) is 0 Å². The molecule has 0 saturated heterocycles. The lowest BCUT2D eigenvalue weighted by Gasteiger charge is -2.05. The van der Waals surface area contributed by atoms with Crippen LogP contribution in [0.1, 0.15) is 5.56 Å². The molecule has 1 N–H and O–H groups in total. The predicted molar refractivity (Wildman–Crippen MR) is 73.3 cm³/mol. The molecule has 98 valence electrons. The molecule has 0 heterocycles.